The van der Waals surface area contributed by atoms with Gasteiger partial charge in [-0.2, -0.15) is 5.26 Å². The van der Waals surface area contributed by atoms with Crippen LogP contribution >= 0.6 is 11.6 Å². The van der Waals surface area contributed by atoms with Gasteiger partial charge in [-0.25, -0.2) is 0 Å². The van der Waals surface area contributed by atoms with Crippen molar-refractivity contribution in [2.45, 2.75) is 13.5 Å². The number of carbonyl (C=O) groups excluding carboxylic acids is 1. The summed E-state index contributed by atoms with van der Waals surface area (Å²) in [5, 5.41) is 9.23. The van der Waals surface area contributed by atoms with Crippen molar-refractivity contribution < 1.29 is 9.53 Å². The second-order valence-corrected chi connectivity index (χ2v) is 4.73. The first kappa shape index (κ1) is 14.1. The molecule has 0 aliphatic rings. The zero-order valence-corrected chi connectivity index (χ0v) is 11.6. The van der Waals surface area contributed by atoms with Gasteiger partial charge in [-0.05, 0) is 42.8 Å². The standard InChI is InChI=1S/C16H12ClNO2/c1-11(19)15-8-14(17)6-7-16(15)20-10-13-4-2-12(9-18)3-5-13/h2-8H,10H2,1H3. The Hall–Kier alpha value is -2.31. The molecule has 0 spiro atoms. The molecule has 0 fully saturated rings. The molecule has 2 rings (SSSR count). The number of nitriles is 1. The fraction of sp³-hybridized carbons (Fsp3) is 0.125. The molecule has 0 aromatic heterocycles. The summed E-state index contributed by atoms with van der Waals surface area (Å²) in [7, 11) is 0. The van der Waals surface area contributed by atoms with Crippen LogP contribution in [0, 0.1) is 11.3 Å². The number of benzene rings is 2. The Balaban J connectivity index is 2.14. The highest BCUT2D eigenvalue weighted by atomic mass is 35.5. The van der Waals surface area contributed by atoms with Gasteiger partial charge in [0.1, 0.15) is 12.4 Å². The number of rotatable bonds is 4. The summed E-state index contributed by atoms with van der Waals surface area (Å²) < 4.78 is 5.65. The molecule has 0 radical (unpaired) electrons. The van der Waals surface area contributed by atoms with Crippen molar-refractivity contribution in [3.8, 4) is 11.8 Å². The lowest BCUT2D eigenvalue weighted by atomic mass is 10.1. The van der Waals surface area contributed by atoms with Gasteiger partial charge in [-0.1, -0.05) is 23.7 Å². The van der Waals surface area contributed by atoms with E-state index in [0.29, 0.717) is 28.5 Å². The van der Waals surface area contributed by atoms with Crippen LogP contribution < -0.4 is 4.74 Å². The van der Waals surface area contributed by atoms with Gasteiger partial charge in [0.2, 0.25) is 0 Å². The monoisotopic (exact) mass is 285 g/mol. The third-order valence-corrected chi connectivity index (χ3v) is 3.03. The lowest BCUT2D eigenvalue weighted by Crippen LogP contribution is -2.01. The molecule has 2 aromatic carbocycles. The van der Waals surface area contributed by atoms with Crippen LogP contribution in [0.3, 0.4) is 0 Å². The summed E-state index contributed by atoms with van der Waals surface area (Å²) in [4.78, 5) is 11.5. The van der Waals surface area contributed by atoms with Gasteiger partial charge in [0.05, 0.1) is 17.2 Å². The fourth-order valence-electron chi connectivity index (χ4n) is 1.74. The molecule has 2 aromatic rings. The van der Waals surface area contributed by atoms with Crippen molar-refractivity contribution in [2.75, 3.05) is 0 Å². The molecular formula is C16H12ClNO2. The van der Waals surface area contributed by atoms with Crippen molar-refractivity contribution in [3.05, 3.63) is 64.2 Å². The molecule has 0 bridgehead atoms. The highest BCUT2D eigenvalue weighted by Crippen LogP contribution is 2.24. The zero-order valence-electron chi connectivity index (χ0n) is 10.9. The average molecular weight is 286 g/mol. The van der Waals surface area contributed by atoms with Crippen LogP contribution in [-0.2, 0) is 6.61 Å². The summed E-state index contributed by atoms with van der Waals surface area (Å²) in [6.07, 6.45) is 0. The third-order valence-electron chi connectivity index (χ3n) is 2.80. The molecule has 0 N–H and O–H groups in total. The van der Waals surface area contributed by atoms with Gasteiger partial charge in [-0.15, -0.1) is 0 Å². The van der Waals surface area contributed by atoms with Gasteiger partial charge in [0, 0.05) is 5.02 Å². The maximum Gasteiger partial charge on any atom is 0.163 e. The summed E-state index contributed by atoms with van der Waals surface area (Å²) in [6, 6.07) is 14.1. The zero-order chi connectivity index (χ0) is 14.5. The highest BCUT2D eigenvalue weighted by Gasteiger charge is 2.09. The summed E-state index contributed by atoms with van der Waals surface area (Å²) in [5.41, 5.74) is 1.99. The minimum absolute atomic E-state index is 0.0951. The van der Waals surface area contributed by atoms with Crippen LogP contribution in [0.2, 0.25) is 5.02 Å². The van der Waals surface area contributed by atoms with E-state index in [-0.39, 0.29) is 5.78 Å². The van der Waals surface area contributed by atoms with E-state index in [1.165, 1.54) is 6.92 Å². The largest absolute Gasteiger partial charge is 0.488 e. The van der Waals surface area contributed by atoms with Gasteiger partial charge in [-0.3, -0.25) is 4.79 Å². The quantitative estimate of drug-likeness (QED) is 0.798. The van der Waals surface area contributed by atoms with E-state index in [2.05, 4.69) is 6.07 Å². The number of ether oxygens (including phenoxy) is 1. The summed E-state index contributed by atoms with van der Waals surface area (Å²) >= 11 is 5.87. The topological polar surface area (TPSA) is 50.1 Å². The molecular weight excluding hydrogens is 274 g/mol. The fourth-order valence-corrected chi connectivity index (χ4v) is 1.91. The SMILES string of the molecule is CC(=O)c1cc(Cl)ccc1OCc1ccc(C#N)cc1. The first-order chi connectivity index (χ1) is 9.60. The molecule has 20 heavy (non-hydrogen) atoms. The molecule has 3 nitrogen and oxygen atoms in total. The van der Waals surface area contributed by atoms with Gasteiger partial charge >= 0.3 is 0 Å². The Kier molecular flexibility index (Phi) is 4.39. The molecule has 0 aliphatic carbocycles. The van der Waals surface area contributed by atoms with Crippen molar-refractivity contribution >= 4 is 17.4 Å². The summed E-state index contributed by atoms with van der Waals surface area (Å²) in [6.45, 7) is 1.80. The van der Waals surface area contributed by atoms with Crippen molar-refractivity contribution in [2.24, 2.45) is 0 Å². The number of nitrogens with zero attached hydrogens (tertiary/aromatic N) is 1. The Bertz CT molecular complexity index is 672. The Morgan fingerprint density at radius 1 is 1.25 bits per heavy atom. The Morgan fingerprint density at radius 3 is 2.55 bits per heavy atom. The van der Waals surface area contributed by atoms with E-state index in [0.717, 1.165) is 5.56 Å². The number of ketones is 1. The normalized spacial score (nSPS) is 9.85. The van der Waals surface area contributed by atoms with Crippen LogP contribution in [0.5, 0.6) is 5.75 Å². The maximum atomic E-state index is 11.5. The van der Waals surface area contributed by atoms with Crippen molar-refractivity contribution in [3.63, 3.8) is 0 Å². The lowest BCUT2D eigenvalue weighted by molar-refractivity contribution is 0.101. The number of halogens is 1. The van der Waals surface area contributed by atoms with E-state index in [1.807, 2.05) is 12.1 Å². The highest BCUT2D eigenvalue weighted by molar-refractivity contribution is 6.31. The smallest absolute Gasteiger partial charge is 0.163 e. The second kappa shape index (κ2) is 6.23. The Morgan fingerprint density at radius 2 is 1.95 bits per heavy atom. The van der Waals surface area contributed by atoms with Crippen LogP contribution in [0.25, 0.3) is 0 Å². The lowest BCUT2D eigenvalue weighted by Gasteiger charge is -2.10. The minimum atomic E-state index is -0.0951. The molecule has 0 atom stereocenters. The predicted octanol–water partition coefficient (Wildman–Crippen LogP) is 3.99. The molecule has 4 heteroatoms. The van der Waals surface area contributed by atoms with Crippen molar-refractivity contribution in [1.29, 1.82) is 5.26 Å². The van der Waals surface area contributed by atoms with Crippen LogP contribution in [0.15, 0.2) is 42.5 Å². The van der Waals surface area contributed by atoms with E-state index in [4.69, 9.17) is 21.6 Å². The number of carbonyl (C=O) groups is 1. The van der Waals surface area contributed by atoms with Crippen molar-refractivity contribution in [1.82, 2.24) is 0 Å². The van der Waals surface area contributed by atoms with Crippen LogP contribution in [-0.4, -0.2) is 5.78 Å². The molecule has 0 aliphatic heterocycles. The van der Waals surface area contributed by atoms with E-state index < -0.39 is 0 Å². The van der Waals surface area contributed by atoms with E-state index in [1.54, 1.807) is 30.3 Å². The van der Waals surface area contributed by atoms with E-state index in [9.17, 15) is 4.79 Å². The maximum absolute atomic E-state index is 11.5. The first-order valence-electron chi connectivity index (χ1n) is 6.02. The molecule has 0 saturated carbocycles. The van der Waals surface area contributed by atoms with Crippen LogP contribution in [0.1, 0.15) is 28.4 Å². The first-order valence-corrected chi connectivity index (χ1v) is 6.40. The number of Topliss-reactive ketones (excluding diaryl/α,β-unsaturated/α-hetero) is 1. The molecule has 0 heterocycles. The van der Waals surface area contributed by atoms with Gasteiger partial charge in [0.15, 0.2) is 5.78 Å². The third kappa shape index (κ3) is 3.37. The predicted molar refractivity (Wildman–Crippen MR) is 76.9 cm³/mol. The number of hydrogen-bond donors (Lipinski definition) is 0. The van der Waals surface area contributed by atoms with Gasteiger partial charge < -0.3 is 4.74 Å². The molecule has 100 valence electrons. The molecule has 0 amide bonds. The molecule has 0 saturated heterocycles. The number of hydrogen-bond acceptors (Lipinski definition) is 3. The Labute approximate surface area is 122 Å². The second-order valence-electron chi connectivity index (χ2n) is 4.29. The van der Waals surface area contributed by atoms with Crippen LogP contribution in [0.4, 0.5) is 0 Å². The minimum Gasteiger partial charge on any atom is -0.488 e. The molecule has 0 unspecified atom stereocenters. The van der Waals surface area contributed by atoms with Gasteiger partial charge in [0.25, 0.3) is 0 Å². The average Bonchev–Trinajstić information content (AvgIpc) is 2.46. The summed E-state index contributed by atoms with van der Waals surface area (Å²) in [5.74, 6) is 0.411. The van der Waals surface area contributed by atoms with E-state index >= 15 is 0 Å².